The van der Waals surface area contributed by atoms with E-state index in [9.17, 15) is 14.6 Å². The van der Waals surface area contributed by atoms with Crippen LogP contribution in [0, 0.1) is 0 Å². The molecule has 3 atom stereocenters. The Morgan fingerprint density at radius 2 is 1.88 bits per heavy atom. The highest BCUT2D eigenvalue weighted by molar-refractivity contribution is 7.58. The van der Waals surface area contributed by atoms with E-state index < -0.39 is 19.1 Å². The van der Waals surface area contributed by atoms with Gasteiger partial charge >= 0.3 is 0 Å². The maximum Gasteiger partial charge on any atom is 0.258 e. The molecule has 0 aromatic rings. The zero-order valence-electron chi connectivity index (χ0n) is 10.2. The maximum atomic E-state index is 12.4. The summed E-state index contributed by atoms with van der Waals surface area (Å²) in [6.45, 7) is 2.94. The van der Waals surface area contributed by atoms with Crippen LogP contribution in [-0.2, 0) is 9.30 Å². The molecule has 1 unspecified atom stereocenters. The lowest BCUT2D eigenvalue weighted by Gasteiger charge is -2.33. The molecule has 100 valence electrons. The minimum absolute atomic E-state index is 0.290. The van der Waals surface area contributed by atoms with Crippen LogP contribution in [0.4, 0.5) is 0 Å². The highest BCUT2D eigenvalue weighted by Gasteiger charge is 2.41. The maximum absolute atomic E-state index is 12.4. The Morgan fingerprint density at radius 3 is 2.53 bits per heavy atom. The fraction of sp³-hybridized carbons (Fsp3) is 1.00. The van der Waals surface area contributed by atoms with Crippen LogP contribution in [0.5, 0.6) is 0 Å². The molecule has 17 heavy (non-hydrogen) atoms. The molecule has 2 fully saturated rings. The van der Waals surface area contributed by atoms with Gasteiger partial charge in [0.05, 0.1) is 25.0 Å². The minimum atomic E-state index is -3.24. The number of ether oxygens (including phenoxy) is 1. The van der Waals surface area contributed by atoms with Gasteiger partial charge in [0.2, 0.25) is 0 Å². The lowest BCUT2D eigenvalue weighted by molar-refractivity contribution is -0.897. The number of hydrogen-bond acceptors (Lipinski definition) is 3. The van der Waals surface area contributed by atoms with E-state index in [0.717, 1.165) is 30.8 Å². The van der Waals surface area contributed by atoms with Gasteiger partial charge in [-0.25, -0.2) is 0 Å². The lowest BCUT2D eigenvalue weighted by atomic mass is 9.97. The van der Waals surface area contributed by atoms with Gasteiger partial charge in [0, 0.05) is 0 Å². The summed E-state index contributed by atoms with van der Waals surface area (Å²) < 4.78 is 17.6. The molecule has 3 N–H and O–H groups in total. The van der Waals surface area contributed by atoms with Crippen LogP contribution in [0.2, 0.25) is 0 Å². The van der Waals surface area contributed by atoms with Crippen LogP contribution in [-0.4, -0.2) is 54.4 Å². The first kappa shape index (κ1) is 13.5. The van der Waals surface area contributed by atoms with E-state index in [-0.39, 0.29) is 6.29 Å². The number of nitrogens with one attached hydrogen (secondary N) is 1. The SMILES string of the molecule is O=P(O)(C[NH+]1CCOCC1)[C@@H]1CCCC[C@@H]1O. The zero-order chi connectivity index (χ0) is 12.3. The zero-order valence-corrected chi connectivity index (χ0v) is 11.1. The van der Waals surface area contributed by atoms with E-state index in [1.165, 1.54) is 0 Å². The van der Waals surface area contributed by atoms with Crippen LogP contribution in [0.25, 0.3) is 0 Å². The second kappa shape index (κ2) is 5.81. The quantitative estimate of drug-likeness (QED) is 0.597. The summed E-state index contributed by atoms with van der Waals surface area (Å²) in [5.41, 5.74) is -0.397. The molecular formula is C11H23NO4P+. The van der Waals surface area contributed by atoms with Crippen LogP contribution in [0.3, 0.4) is 0 Å². The smallest absolute Gasteiger partial charge is 0.258 e. The Balaban J connectivity index is 1.94. The molecule has 5 nitrogen and oxygen atoms in total. The Morgan fingerprint density at radius 1 is 1.24 bits per heavy atom. The van der Waals surface area contributed by atoms with Crippen molar-refractivity contribution < 1.29 is 24.2 Å². The second-order valence-corrected chi connectivity index (χ2v) is 7.69. The first-order valence-electron chi connectivity index (χ1n) is 6.50. The number of quaternary nitrogens is 1. The first-order valence-corrected chi connectivity index (χ1v) is 8.42. The largest absolute Gasteiger partial charge is 0.392 e. The third-order valence-electron chi connectivity index (χ3n) is 3.86. The van der Waals surface area contributed by atoms with Gasteiger partial charge < -0.3 is 19.6 Å². The van der Waals surface area contributed by atoms with Crippen molar-refractivity contribution in [2.75, 3.05) is 32.6 Å². The first-order chi connectivity index (χ1) is 8.09. The molecule has 0 aromatic heterocycles. The Kier molecular flexibility index (Phi) is 4.61. The number of hydrogen-bond donors (Lipinski definition) is 3. The molecule has 2 rings (SSSR count). The normalized spacial score (nSPS) is 35.4. The number of aliphatic hydroxyl groups excluding tert-OH is 1. The second-order valence-electron chi connectivity index (χ2n) is 5.20. The van der Waals surface area contributed by atoms with Gasteiger partial charge in [0.15, 0.2) is 6.29 Å². The predicted octanol–water partition coefficient (Wildman–Crippen LogP) is -0.567. The molecule has 0 amide bonds. The fourth-order valence-corrected chi connectivity index (χ4v) is 5.28. The molecule has 1 aliphatic carbocycles. The molecule has 1 aliphatic heterocycles. The van der Waals surface area contributed by atoms with E-state index in [4.69, 9.17) is 4.74 Å². The molecule has 1 heterocycles. The fourth-order valence-electron chi connectivity index (χ4n) is 2.82. The van der Waals surface area contributed by atoms with Crippen molar-refractivity contribution in [3.63, 3.8) is 0 Å². The molecule has 6 heteroatoms. The van der Waals surface area contributed by atoms with Crippen LogP contribution >= 0.6 is 7.37 Å². The summed E-state index contributed by atoms with van der Waals surface area (Å²) in [7, 11) is -3.24. The highest BCUT2D eigenvalue weighted by Crippen LogP contribution is 2.50. The molecule has 0 spiro atoms. The molecular weight excluding hydrogens is 241 g/mol. The van der Waals surface area contributed by atoms with Gasteiger partial charge in [-0.2, -0.15) is 0 Å². The summed E-state index contributed by atoms with van der Waals surface area (Å²) in [5.74, 6) is 0. The van der Waals surface area contributed by atoms with E-state index in [0.29, 0.717) is 26.1 Å². The Bertz CT molecular complexity index is 293. The minimum Gasteiger partial charge on any atom is -0.392 e. The van der Waals surface area contributed by atoms with Crippen molar-refractivity contribution in [1.29, 1.82) is 0 Å². The molecule has 2 aliphatic rings. The van der Waals surface area contributed by atoms with Crippen molar-refractivity contribution in [1.82, 2.24) is 0 Å². The van der Waals surface area contributed by atoms with Gasteiger partial charge in [0.1, 0.15) is 13.1 Å². The topological polar surface area (TPSA) is 71.2 Å². The summed E-state index contributed by atoms with van der Waals surface area (Å²) in [4.78, 5) is 11.3. The van der Waals surface area contributed by atoms with E-state index in [1.54, 1.807) is 0 Å². The monoisotopic (exact) mass is 264 g/mol. The van der Waals surface area contributed by atoms with E-state index in [2.05, 4.69) is 0 Å². The standard InChI is InChI=1S/C11H22NO4P/c13-10-3-1-2-4-11(10)17(14,15)9-12-5-7-16-8-6-12/h10-11,13H,1-9H2,(H,14,15)/p+1/t10-,11+/m0/s1. The summed E-state index contributed by atoms with van der Waals surface area (Å²) in [6.07, 6.45) is 3.01. The number of aliphatic hydroxyl groups is 1. The Labute approximate surface area is 102 Å². The summed E-state index contributed by atoms with van der Waals surface area (Å²) in [5, 5.41) is 9.87. The number of morpholine rings is 1. The van der Waals surface area contributed by atoms with Gasteiger partial charge in [-0.3, -0.25) is 4.57 Å². The van der Waals surface area contributed by atoms with Crippen molar-refractivity contribution in [3.8, 4) is 0 Å². The molecule has 1 saturated heterocycles. The summed E-state index contributed by atoms with van der Waals surface area (Å²) >= 11 is 0. The van der Waals surface area contributed by atoms with Crippen molar-refractivity contribution >= 4 is 7.37 Å². The third-order valence-corrected chi connectivity index (χ3v) is 6.40. The van der Waals surface area contributed by atoms with Crippen LogP contribution in [0.15, 0.2) is 0 Å². The molecule has 1 saturated carbocycles. The lowest BCUT2D eigenvalue weighted by Crippen LogP contribution is -3.14. The Hall–Kier alpha value is 0.0700. The average Bonchev–Trinajstić information content (AvgIpc) is 2.30. The van der Waals surface area contributed by atoms with Crippen molar-refractivity contribution in [2.24, 2.45) is 0 Å². The van der Waals surface area contributed by atoms with Crippen molar-refractivity contribution in [2.45, 2.75) is 37.4 Å². The highest BCUT2D eigenvalue weighted by atomic mass is 31.2. The van der Waals surface area contributed by atoms with Gasteiger partial charge in [-0.15, -0.1) is 0 Å². The van der Waals surface area contributed by atoms with E-state index in [1.807, 2.05) is 0 Å². The average molecular weight is 264 g/mol. The summed E-state index contributed by atoms with van der Waals surface area (Å²) in [6, 6.07) is 0. The number of rotatable bonds is 3. The van der Waals surface area contributed by atoms with Crippen LogP contribution < -0.4 is 4.90 Å². The van der Waals surface area contributed by atoms with Gasteiger partial charge in [-0.05, 0) is 12.8 Å². The third kappa shape index (κ3) is 3.52. The van der Waals surface area contributed by atoms with Crippen LogP contribution in [0.1, 0.15) is 25.7 Å². The van der Waals surface area contributed by atoms with E-state index >= 15 is 0 Å². The molecule has 0 bridgehead atoms. The van der Waals surface area contributed by atoms with Gasteiger partial charge in [-0.1, -0.05) is 12.8 Å². The molecule has 0 radical (unpaired) electrons. The van der Waals surface area contributed by atoms with Crippen molar-refractivity contribution in [3.05, 3.63) is 0 Å². The van der Waals surface area contributed by atoms with Gasteiger partial charge in [0.25, 0.3) is 7.37 Å². The molecule has 0 aromatic carbocycles. The predicted molar refractivity (Wildman–Crippen MR) is 64.5 cm³/mol.